The summed E-state index contributed by atoms with van der Waals surface area (Å²) < 4.78 is 15.7. The fourth-order valence-corrected chi connectivity index (χ4v) is 2.40. The molecule has 0 radical (unpaired) electrons. The number of hydrogen-bond acceptors (Lipinski definition) is 5. The first-order valence-corrected chi connectivity index (χ1v) is 7.00. The zero-order valence-electron chi connectivity index (χ0n) is 11.9. The molecule has 1 saturated heterocycles. The summed E-state index contributed by atoms with van der Waals surface area (Å²) >= 11 is 0. The summed E-state index contributed by atoms with van der Waals surface area (Å²) in [7, 11) is 1.62. The van der Waals surface area contributed by atoms with E-state index in [1.165, 1.54) is 0 Å². The molecule has 0 unspecified atom stereocenters. The Bertz CT molecular complexity index is 583. The SMILES string of the molecule is COc1ccc(/C=C2/N=C(C3CCOCC3)OC2=O)cc1. The van der Waals surface area contributed by atoms with Crippen molar-refractivity contribution in [3.63, 3.8) is 0 Å². The second-order valence-electron chi connectivity index (χ2n) is 5.03. The van der Waals surface area contributed by atoms with Crippen molar-refractivity contribution in [1.29, 1.82) is 0 Å². The topological polar surface area (TPSA) is 57.1 Å². The summed E-state index contributed by atoms with van der Waals surface area (Å²) in [5.74, 6) is 1.11. The number of cyclic esters (lactones) is 1. The van der Waals surface area contributed by atoms with Crippen molar-refractivity contribution in [3.8, 4) is 5.75 Å². The molecular formula is C16H17NO4. The van der Waals surface area contributed by atoms with Gasteiger partial charge in [-0.2, -0.15) is 0 Å². The normalized spacial score (nSPS) is 21.3. The van der Waals surface area contributed by atoms with Crippen LogP contribution in [0, 0.1) is 5.92 Å². The van der Waals surface area contributed by atoms with Crippen LogP contribution in [0.25, 0.3) is 6.08 Å². The summed E-state index contributed by atoms with van der Waals surface area (Å²) in [6, 6.07) is 7.44. The van der Waals surface area contributed by atoms with Crippen molar-refractivity contribution in [2.75, 3.05) is 20.3 Å². The molecule has 0 atom stereocenters. The molecule has 0 amide bonds. The van der Waals surface area contributed by atoms with Crippen LogP contribution in [0.4, 0.5) is 0 Å². The van der Waals surface area contributed by atoms with Crippen LogP contribution in [0.15, 0.2) is 35.0 Å². The Morgan fingerprint density at radius 2 is 1.95 bits per heavy atom. The molecule has 110 valence electrons. The molecule has 3 rings (SSSR count). The summed E-state index contributed by atoms with van der Waals surface area (Å²) in [6.45, 7) is 1.39. The van der Waals surface area contributed by atoms with E-state index in [-0.39, 0.29) is 11.9 Å². The molecule has 0 aromatic heterocycles. The van der Waals surface area contributed by atoms with Gasteiger partial charge >= 0.3 is 5.97 Å². The highest BCUT2D eigenvalue weighted by Gasteiger charge is 2.30. The number of ether oxygens (including phenoxy) is 3. The Morgan fingerprint density at radius 3 is 2.62 bits per heavy atom. The van der Waals surface area contributed by atoms with E-state index in [0.29, 0.717) is 24.8 Å². The smallest absolute Gasteiger partial charge is 0.363 e. The Balaban J connectivity index is 1.78. The lowest BCUT2D eigenvalue weighted by Crippen LogP contribution is -2.24. The van der Waals surface area contributed by atoms with E-state index in [4.69, 9.17) is 14.2 Å². The Labute approximate surface area is 123 Å². The molecule has 5 nitrogen and oxygen atoms in total. The van der Waals surface area contributed by atoms with Crippen molar-refractivity contribution in [2.45, 2.75) is 12.8 Å². The van der Waals surface area contributed by atoms with Gasteiger partial charge in [-0.1, -0.05) is 12.1 Å². The molecule has 2 aliphatic heterocycles. The average Bonchev–Trinajstić information content (AvgIpc) is 2.90. The standard InChI is InChI=1S/C16H17NO4/c1-19-13-4-2-11(3-5-13)10-14-16(18)21-15(17-14)12-6-8-20-9-7-12/h2-5,10,12H,6-9H2,1H3/b14-10+. The number of methoxy groups -OCH3 is 1. The van der Waals surface area contributed by atoms with Gasteiger partial charge in [0.2, 0.25) is 5.90 Å². The first-order chi connectivity index (χ1) is 10.3. The predicted molar refractivity (Wildman–Crippen MR) is 78.0 cm³/mol. The first kappa shape index (κ1) is 13.8. The summed E-state index contributed by atoms with van der Waals surface area (Å²) in [4.78, 5) is 16.2. The second-order valence-corrected chi connectivity index (χ2v) is 5.03. The van der Waals surface area contributed by atoms with Crippen LogP contribution in [0.5, 0.6) is 5.75 Å². The van der Waals surface area contributed by atoms with Crippen molar-refractivity contribution < 1.29 is 19.0 Å². The van der Waals surface area contributed by atoms with Crippen molar-refractivity contribution in [1.82, 2.24) is 0 Å². The lowest BCUT2D eigenvalue weighted by Gasteiger charge is -2.20. The van der Waals surface area contributed by atoms with Crippen molar-refractivity contribution >= 4 is 17.9 Å². The molecule has 0 aliphatic carbocycles. The van der Waals surface area contributed by atoms with Gasteiger partial charge in [0.25, 0.3) is 0 Å². The molecule has 2 aliphatic rings. The number of carbonyl (C=O) groups excluding carboxylic acids is 1. The minimum atomic E-state index is -0.382. The Morgan fingerprint density at radius 1 is 1.24 bits per heavy atom. The van der Waals surface area contributed by atoms with Gasteiger partial charge in [-0.3, -0.25) is 0 Å². The maximum atomic E-state index is 11.9. The highest BCUT2D eigenvalue weighted by atomic mass is 16.6. The van der Waals surface area contributed by atoms with E-state index in [2.05, 4.69) is 4.99 Å². The van der Waals surface area contributed by atoms with Gasteiger partial charge in [0, 0.05) is 19.1 Å². The van der Waals surface area contributed by atoms with Gasteiger partial charge in [0.05, 0.1) is 7.11 Å². The van der Waals surface area contributed by atoms with Gasteiger partial charge in [-0.15, -0.1) is 0 Å². The molecule has 21 heavy (non-hydrogen) atoms. The van der Waals surface area contributed by atoms with Gasteiger partial charge < -0.3 is 14.2 Å². The van der Waals surface area contributed by atoms with Crippen molar-refractivity contribution in [3.05, 3.63) is 35.5 Å². The highest BCUT2D eigenvalue weighted by Crippen LogP contribution is 2.25. The third-order valence-corrected chi connectivity index (χ3v) is 3.63. The molecule has 0 N–H and O–H groups in total. The Hall–Kier alpha value is -2.14. The quantitative estimate of drug-likeness (QED) is 0.633. The molecule has 0 saturated carbocycles. The van der Waals surface area contributed by atoms with Crippen LogP contribution in [-0.4, -0.2) is 32.2 Å². The molecule has 5 heteroatoms. The van der Waals surface area contributed by atoms with Crippen molar-refractivity contribution in [2.24, 2.45) is 10.9 Å². The van der Waals surface area contributed by atoms with Crippen LogP contribution in [0.2, 0.25) is 0 Å². The summed E-state index contributed by atoms with van der Waals surface area (Å²) in [5.41, 5.74) is 1.24. The number of benzene rings is 1. The molecular weight excluding hydrogens is 270 g/mol. The van der Waals surface area contributed by atoms with E-state index in [9.17, 15) is 4.79 Å². The lowest BCUT2D eigenvalue weighted by molar-refractivity contribution is -0.130. The summed E-state index contributed by atoms with van der Waals surface area (Å²) in [6.07, 6.45) is 3.43. The fourth-order valence-electron chi connectivity index (χ4n) is 2.40. The van der Waals surface area contributed by atoms with E-state index < -0.39 is 0 Å². The number of rotatable bonds is 3. The molecule has 0 spiro atoms. The largest absolute Gasteiger partial charge is 0.497 e. The van der Waals surface area contributed by atoms with E-state index >= 15 is 0 Å². The van der Waals surface area contributed by atoms with E-state index in [1.807, 2.05) is 24.3 Å². The van der Waals surface area contributed by atoms with Crippen LogP contribution in [0.3, 0.4) is 0 Å². The van der Waals surface area contributed by atoms with Gasteiger partial charge in [0.15, 0.2) is 5.70 Å². The zero-order valence-corrected chi connectivity index (χ0v) is 11.9. The number of aliphatic imine (C=N–C) groups is 1. The first-order valence-electron chi connectivity index (χ1n) is 7.00. The molecule has 0 bridgehead atoms. The molecule has 2 heterocycles. The van der Waals surface area contributed by atoms with Gasteiger partial charge in [-0.05, 0) is 36.6 Å². The monoisotopic (exact) mass is 287 g/mol. The highest BCUT2D eigenvalue weighted by molar-refractivity contribution is 6.07. The third-order valence-electron chi connectivity index (χ3n) is 3.63. The minimum Gasteiger partial charge on any atom is -0.497 e. The van der Waals surface area contributed by atoms with Crippen LogP contribution < -0.4 is 4.74 Å². The molecule has 1 aromatic carbocycles. The van der Waals surface area contributed by atoms with Crippen LogP contribution >= 0.6 is 0 Å². The zero-order chi connectivity index (χ0) is 14.7. The number of carbonyl (C=O) groups is 1. The van der Waals surface area contributed by atoms with Crippen LogP contribution in [0.1, 0.15) is 18.4 Å². The minimum absolute atomic E-state index is 0.185. The summed E-state index contributed by atoms with van der Waals surface area (Å²) in [5, 5.41) is 0. The molecule has 1 aromatic rings. The fraction of sp³-hybridized carbons (Fsp3) is 0.375. The van der Waals surface area contributed by atoms with Gasteiger partial charge in [0.1, 0.15) is 5.75 Å². The van der Waals surface area contributed by atoms with E-state index in [0.717, 1.165) is 24.2 Å². The predicted octanol–water partition coefficient (Wildman–Crippen LogP) is 2.42. The van der Waals surface area contributed by atoms with E-state index in [1.54, 1.807) is 13.2 Å². The Kier molecular flexibility index (Phi) is 4.01. The third kappa shape index (κ3) is 3.13. The second kappa shape index (κ2) is 6.10. The van der Waals surface area contributed by atoms with Gasteiger partial charge in [-0.25, -0.2) is 9.79 Å². The van der Waals surface area contributed by atoms with Crippen LogP contribution in [-0.2, 0) is 14.3 Å². The number of esters is 1. The lowest BCUT2D eigenvalue weighted by atomic mass is 10.0. The number of hydrogen-bond donors (Lipinski definition) is 0. The number of nitrogens with zero attached hydrogens (tertiary/aromatic N) is 1. The molecule has 1 fully saturated rings. The maximum absolute atomic E-state index is 11.9. The average molecular weight is 287 g/mol. The maximum Gasteiger partial charge on any atom is 0.363 e.